The molecule has 18 heavy (non-hydrogen) atoms. The molecular weight excluding hydrogens is 252 g/mol. The summed E-state index contributed by atoms with van der Waals surface area (Å²) in [5.74, 6) is 2.02. The lowest BCUT2D eigenvalue weighted by molar-refractivity contribution is 0.395. The zero-order chi connectivity index (χ0) is 13.1. The largest absolute Gasteiger partial charge is 0.497 e. The van der Waals surface area contributed by atoms with Gasteiger partial charge in [-0.3, -0.25) is 0 Å². The highest BCUT2D eigenvalue weighted by Crippen LogP contribution is 2.31. The number of ether oxygens (including phenoxy) is 2. The number of H-pyrrole nitrogens is 1. The fourth-order valence-electron chi connectivity index (χ4n) is 1.52. The summed E-state index contributed by atoms with van der Waals surface area (Å²) in [7, 11) is 3.15. The van der Waals surface area contributed by atoms with E-state index >= 15 is 0 Å². The van der Waals surface area contributed by atoms with E-state index in [-0.39, 0.29) is 10.7 Å². The zero-order valence-electron chi connectivity index (χ0n) is 9.93. The minimum Gasteiger partial charge on any atom is -0.497 e. The minimum atomic E-state index is 0.180. The Labute approximate surface area is 109 Å². The van der Waals surface area contributed by atoms with Crippen LogP contribution in [0.15, 0.2) is 18.2 Å². The molecule has 0 bridgehead atoms. The first-order valence-electron chi connectivity index (χ1n) is 5.10. The van der Waals surface area contributed by atoms with E-state index in [0.717, 1.165) is 5.56 Å². The van der Waals surface area contributed by atoms with Crippen molar-refractivity contribution in [3.8, 4) is 22.9 Å². The van der Waals surface area contributed by atoms with Crippen molar-refractivity contribution in [2.24, 2.45) is 0 Å². The lowest BCUT2D eigenvalue weighted by Gasteiger charge is -2.09. The molecule has 0 saturated heterocycles. The summed E-state index contributed by atoms with van der Waals surface area (Å²) in [6.07, 6.45) is 0. The van der Waals surface area contributed by atoms with Crippen LogP contribution in [0.1, 0.15) is 0 Å². The van der Waals surface area contributed by atoms with Crippen molar-refractivity contribution in [3.05, 3.63) is 23.0 Å². The highest BCUT2D eigenvalue weighted by atomic mass is 32.1. The van der Waals surface area contributed by atoms with Crippen molar-refractivity contribution in [2.45, 2.75) is 0 Å². The summed E-state index contributed by atoms with van der Waals surface area (Å²) < 4.78 is 10.6. The van der Waals surface area contributed by atoms with E-state index in [1.807, 2.05) is 6.07 Å². The number of hydrogen-bond acceptors (Lipinski definition) is 6. The molecule has 2 aromatic rings. The first kappa shape index (κ1) is 12.3. The van der Waals surface area contributed by atoms with E-state index in [9.17, 15) is 0 Å². The van der Waals surface area contributed by atoms with Gasteiger partial charge in [0, 0.05) is 6.07 Å². The molecule has 0 fully saturated rings. The molecule has 6 nitrogen and oxygen atoms in total. The average Bonchev–Trinajstić information content (AvgIpc) is 2.36. The molecule has 94 valence electrons. The fraction of sp³-hybridized carbons (Fsp3) is 0.182. The summed E-state index contributed by atoms with van der Waals surface area (Å²) in [6, 6.07) is 5.36. The Hall–Kier alpha value is -2.15. The van der Waals surface area contributed by atoms with Gasteiger partial charge in [0.05, 0.1) is 19.8 Å². The molecule has 0 radical (unpaired) electrons. The van der Waals surface area contributed by atoms with Crippen LogP contribution in [-0.4, -0.2) is 29.2 Å². The van der Waals surface area contributed by atoms with Crippen molar-refractivity contribution in [2.75, 3.05) is 20.0 Å². The van der Waals surface area contributed by atoms with Crippen LogP contribution in [0.4, 0.5) is 5.95 Å². The molecule has 1 aromatic carbocycles. The van der Waals surface area contributed by atoms with Crippen molar-refractivity contribution >= 4 is 18.2 Å². The van der Waals surface area contributed by atoms with Gasteiger partial charge in [-0.2, -0.15) is 4.98 Å². The van der Waals surface area contributed by atoms with Crippen LogP contribution in [0.2, 0.25) is 0 Å². The first-order chi connectivity index (χ1) is 8.63. The molecule has 0 atom stereocenters. The molecule has 2 rings (SSSR count). The van der Waals surface area contributed by atoms with E-state index in [4.69, 9.17) is 27.4 Å². The highest BCUT2D eigenvalue weighted by molar-refractivity contribution is 7.71. The molecule has 1 aromatic heterocycles. The van der Waals surface area contributed by atoms with Gasteiger partial charge in [0.15, 0.2) is 0 Å². The number of hydrogen-bond donors (Lipinski definition) is 2. The van der Waals surface area contributed by atoms with Crippen LogP contribution in [0, 0.1) is 4.77 Å². The lowest BCUT2D eigenvalue weighted by atomic mass is 10.2. The van der Waals surface area contributed by atoms with E-state index in [2.05, 4.69) is 15.0 Å². The molecule has 1 heterocycles. The van der Waals surface area contributed by atoms with Gasteiger partial charge in [0.1, 0.15) is 17.3 Å². The molecular formula is C11H12N4O2S. The Kier molecular flexibility index (Phi) is 3.42. The third-order valence-electron chi connectivity index (χ3n) is 2.33. The molecule has 0 saturated carbocycles. The number of methoxy groups -OCH3 is 2. The topological polar surface area (TPSA) is 86.0 Å². The number of anilines is 1. The van der Waals surface area contributed by atoms with Gasteiger partial charge in [0.25, 0.3) is 0 Å². The lowest BCUT2D eigenvalue weighted by Crippen LogP contribution is -2.01. The van der Waals surface area contributed by atoms with E-state index in [0.29, 0.717) is 17.3 Å². The molecule has 0 aliphatic rings. The third-order valence-corrected chi connectivity index (χ3v) is 2.52. The monoisotopic (exact) mass is 264 g/mol. The van der Waals surface area contributed by atoms with Crippen LogP contribution in [0.5, 0.6) is 11.5 Å². The maximum Gasteiger partial charge on any atom is 0.224 e. The van der Waals surface area contributed by atoms with Gasteiger partial charge in [-0.1, -0.05) is 0 Å². The second-order valence-corrected chi connectivity index (χ2v) is 3.80. The van der Waals surface area contributed by atoms with E-state index in [1.165, 1.54) is 0 Å². The zero-order valence-corrected chi connectivity index (χ0v) is 10.7. The van der Waals surface area contributed by atoms with Crippen LogP contribution in [-0.2, 0) is 0 Å². The minimum absolute atomic E-state index is 0.180. The predicted octanol–water partition coefficient (Wildman–Crippen LogP) is 1.80. The van der Waals surface area contributed by atoms with Gasteiger partial charge < -0.3 is 20.2 Å². The summed E-state index contributed by atoms with van der Waals surface area (Å²) in [6.45, 7) is 0. The Morgan fingerprint density at radius 2 is 2.00 bits per heavy atom. The number of aromatic amines is 1. The number of nitrogens with two attached hydrogens (primary N) is 1. The number of rotatable bonds is 3. The van der Waals surface area contributed by atoms with Gasteiger partial charge in [-0.05, 0) is 24.4 Å². The maximum absolute atomic E-state index is 5.61. The normalized spacial score (nSPS) is 10.1. The SMILES string of the molecule is COc1ccc(-c2nc(=S)nc(N)[nH]2)c(OC)c1. The molecule has 0 aliphatic heterocycles. The van der Waals surface area contributed by atoms with E-state index in [1.54, 1.807) is 26.4 Å². The van der Waals surface area contributed by atoms with Crippen molar-refractivity contribution in [3.63, 3.8) is 0 Å². The standard InChI is InChI=1S/C11H12N4O2S/c1-16-6-3-4-7(8(5-6)17-2)9-13-10(12)15-11(18)14-9/h3-5H,1-2H3,(H3,12,13,14,15,18). The molecule has 7 heteroatoms. The number of benzene rings is 1. The van der Waals surface area contributed by atoms with Crippen LogP contribution in [0.25, 0.3) is 11.4 Å². The van der Waals surface area contributed by atoms with Crippen LogP contribution >= 0.6 is 12.2 Å². The maximum atomic E-state index is 5.61. The van der Waals surface area contributed by atoms with Gasteiger partial charge in [0.2, 0.25) is 10.7 Å². The van der Waals surface area contributed by atoms with Crippen LogP contribution in [0.3, 0.4) is 0 Å². The fourth-order valence-corrected chi connectivity index (χ4v) is 1.71. The van der Waals surface area contributed by atoms with E-state index < -0.39 is 0 Å². The van der Waals surface area contributed by atoms with Crippen molar-refractivity contribution < 1.29 is 9.47 Å². The molecule has 0 amide bonds. The predicted molar refractivity (Wildman–Crippen MR) is 70.2 cm³/mol. The smallest absolute Gasteiger partial charge is 0.224 e. The average molecular weight is 264 g/mol. The third kappa shape index (κ3) is 2.40. The number of nitrogens with one attached hydrogen (secondary N) is 1. The summed E-state index contributed by atoms with van der Waals surface area (Å²) in [4.78, 5) is 10.8. The number of nitrogens with zero attached hydrogens (tertiary/aromatic N) is 2. The summed E-state index contributed by atoms with van der Waals surface area (Å²) in [5, 5.41) is 0. The summed E-state index contributed by atoms with van der Waals surface area (Å²) in [5.41, 5.74) is 6.34. The molecule has 0 unspecified atom stereocenters. The van der Waals surface area contributed by atoms with Gasteiger partial charge in [-0.25, -0.2) is 4.98 Å². The Morgan fingerprint density at radius 3 is 2.61 bits per heavy atom. The summed E-state index contributed by atoms with van der Waals surface area (Å²) >= 11 is 4.93. The molecule has 0 aliphatic carbocycles. The number of aromatic nitrogens is 3. The number of nitrogen functional groups attached to an aromatic ring is 1. The Balaban J connectivity index is 2.59. The molecule has 3 N–H and O–H groups in total. The van der Waals surface area contributed by atoms with Crippen molar-refractivity contribution in [1.29, 1.82) is 0 Å². The Morgan fingerprint density at radius 1 is 1.22 bits per heavy atom. The van der Waals surface area contributed by atoms with Gasteiger partial charge in [-0.15, -0.1) is 0 Å². The highest BCUT2D eigenvalue weighted by Gasteiger charge is 2.10. The van der Waals surface area contributed by atoms with Crippen molar-refractivity contribution in [1.82, 2.24) is 15.0 Å². The van der Waals surface area contributed by atoms with Crippen LogP contribution < -0.4 is 15.2 Å². The second kappa shape index (κ2) is 5.01. The molecule has 0 spiro atoms. The second-order valence-electron chi connectivity index (χ2n) is 3.43. The Bertz CT molecular complexity index is 627. The first-order valence-corrected chi connectivity index (χ1v) is 5.51. The van der Waals surface area contributed by atoms with Gasteiger partial charge >= 0.3 is 0 Å². The quantitative estimate of drug-likeness (QED) is 0.822.